The minimum absolute atomic E-state index is 1.16. The van der Waals surface area contributed by atoms with Crippen molar-refractivity contribution in [3.05, 3.63) is 200 Å². The van der Waals surface area contributed by atoms with Gasteiger partial charge >= 0.3 is 0 Å². The van der Waals surface area contributed by atoms with Gasteiger partial charge in [0, 0.05) is 16.5 Å². The van der Waals surface area contributed by atoms with E-state index in [1.165, 1.54) is 120 Å². The van der Waals surface area contributed by atoms with Crippen LogP contribution in [0.15, 0.2) is 200 Å². The zero-order valence-corrected chi connectivity index (χ0v) is 31.0. The molecule has 0 spiro atoms. The summed E-state index contributed by atoms with van der Waals surface area (Å²) < 4.78 is 2.46. The highest BCUT2D eigenvalue weighted by Gasteiger charge is 2.18. The third-order valence-corrected chi connectivity index (χ3v) is 12.6. The van der Waals surface area contributed by atoms with Gasteiger partial charge in [0.1, 0.15) is 0 Å². The Labute approximate surface area is 328 Å². The van der Waals surface area contributed by atoms with Crippen molar-refractivity contribution in [1.82, 2.24) is 4.57 Å². The Balaban J connectivity index is 0.983. The van der Waals surface area contributed by atoms with Crippen molar-refractivity contribution < 1.29 is 0 Å². The Morgan fingerprint density at radius 1 is 0.228 bits per heavy atom. The van der Waals surface area contributed by atoms with E-state index in [-0.39, 0.29) is 0 Å². The van der Waals surface area contributed by atoms with E-state index in [1.54, 1.807) is 0 Å². The number of para-hydroxylation sites is 1. The van der Waals surface area contributed by atoms with E-state index in [1.807, 2.05) is 0 Å². The molecule has 13 rings (SSSR count). The molecule has 1 nitrogen and oxygen atoms in total. The molecule has 0 unspecified atom stereocenters. The van der Waals surface area contributed by atoms with Crippen molar-refractivity contribution in [3.8, 4) is 39.1 Å². The lowest BCUT2D eigenvalue weighted by atomic mass is 9.89. The molecule has 0 atom stereocenters. The van der Waals surface area contributed by atoms with Crippen LogP contribution < -0.4 is 0 Å². The van der Waals surface area contributed by atoms with E-state index >= 15 is 0 Å². The standard InChI is InChI=1S/C56H33N/c1-3-8-34(9-4-1)45-26-41-18-20-43-30-47(31-44-21-19-42(27-45)55(41)56(43)44)38-23-25-50-49-24-22-37(32-51(49)57(52(50)33-38)48-12-5-2-6-13-48)46-28-39-16-14-35-10-7-11-36-15-17-40(29-46)54(39)53(35)36/h1-33H. The third-order valence-electron chi connectivity index (χ3n) is 12.6. The third kappa shape index (κ3) is 4.51. The number of benzene rings is 12. The van der Waals surface area contributed by atoms with Crippen molar-refractivity contribution >= 4 is 86.4 Å². The summed E-state index contributed by atoms with van der Waals surface area (Å²) in [6, 6.07) is 74.7. The van der Waals surface area contributed by atoms with Gasteiger partial charge in [0.2, 0.25) is 0 Å². The number of rotatable bonds is 4. The average molecular weight is 720 g/mol. The monoisotopic (exact) mass is 719 g/mol. The maximum absolute atomic E-state index is 2.46. The van der Waals surface area contributed by atoms with Crippen LogP contribution in [0.25, 0.3) is 126 Å². The first kappa shape index (κ1) is 30.8. The molecule has 0 saturated carbocycles. The molecule has 12 aromatic carbocycles. The van der Waals surface area contributed by atoms with Crippen molar-refractivity contribution in [1.29, 1.82) is 0 Å². The smallest absolute Gasteiger partial charge is 0.0547 e. The summed E-state index contributed by atoms with van der Waals surface area (Å²) in [7, 11) is 0. The molecule has 0 aliphatic heterocycles. The molecular formula is C56H33N. The van der Waals surface area contributed by atoms with Gasteiger partial charge < -0.3 is 4.57 Å². The first-order valence-corrected chi connectivity index (χ1v) is 19.8. The van der Waals surface area contributed by atoms with E-state index in [0.29, 0.717) is 0 Å². The highest BCUT2D eigenvalue weighted by atomic mass is 15.0. The van der Waals surface area contributed by atoms with Crippen molar-refractivity contribution in [2.24, 2.45) is 0 Å². The fourth-order valence-electron chi connectivity index (χ4n) is 9.95. The average Bonchev–Trinajstić information content (AvgIpc) is 3.60. The normalized spacial score (nSPS) is 12.2. The van der Waals surface area contributed by atoms with Gasteiger partial charge in [-0.15, -0.1) is 0 Å². The molecule has 57 heavy (non-hydrogen) atoms. The molecule has 0 fully saturated rings. The SMILES string of the molecule is c1ccc(-c2cc3ccc4cc(-c5ccc6c7ccc(-c8cc9ccc%10cccc%11ccc(c8)c9c%10%11)cc7n(-c7ccccc7)c6c5)cc5ccc(c2)c3c45)cc1. The molecule has 0 aliphatic rings. The van der Waals surface area contributed by atoms with E-state index in [0.717, 1.165) is 5.69 Å². The zero-order chi connectivity index (χ0) is 37.2. The van der Waals surface area contributed by atoms with Crippen LogP contribution in [-0.4, -0.2) is 4.57 Å². The van der Waals surface area contributed by atoms with Crippen molar-refractivity contribution in [2.45, 2.75) is 0 Å². The summed E-state index contributed by atoms with van der Waals surface area (Å²) in [4.78, 5) is 0. The molecule has 0 N–H and O–H groups in total. The fourth-order valence-corrected chi connectivity index (χ4v) is 9.95. The number of nitrogens with zero attached hydrogens (tertiary/aromatic N) is 1. The Kier molecular flexibility index (Phi) is 6.23. The summed E-state index contributed by atoms with van der Waals surface area (Å²) in [5.41, 5.74) is 11.0. The number of hydrogen-bond acceptors (Lipinski definition) is 0. The largest absolute Gasteiger partial charge is 0.309 e. The molecule has 1 aromatic heterocycles. The number of hydrogen-bond donors (Lipinski definition) is 0. The summed E-state index contributed by atoms with van der Waals surface area (Å²) in [6.07, 6.45) is 0. The first-order valence-electron chi connectivity index (χ1n) is 19.8. The Bertz CT molecular complexity index is 3590. The van der Waals surface area contributed by atoms with E-state index in [4.69, 9.17) is 0 Å². The molecular weight excluding hydrogens is 687 g/mol. The van der Waals surface area contributed by atoms with Gasteiger partial charge in [-0.1, -0.05) is 140 Å². The highest BCUT2D eigenvalue weighted by Crippen LogP contribution is 2.43. The summed E-state index contributed by atoms with van der Waals surface area (Å²) >= 11 is 0. The van der Waals surface area contributed by atoms with Crippen LogP contribution in [0.5, 0.6) is 0 Å². The molecule has 0 bridgehead atoms. The van der Waals surface area contributed by atoms with Crippen LogP contribution in [0, 0.1) is 0 Å². The Morgan fingerprint density at radius 3 is 1.04 bits per heavy atom. The molecule has 262 valence electrons. The maximum Gasteiger partial charge on any atom is 0.0547 e. The van der Waals surface area contributed by atoms with Crippen LogP contribution >= 0.6 is 0 Å². The van der Waals surface area contributed by atoms with Crippen molar-refractivity contribution in [3.63, 3.8) is 0 Å². The maximum atomic E-state index is 2.46. The quantitative estimate of drug-likeness (QED) is 0.160. The lowest BCUT2D eigenvalue weighted by Gasteiger charge is -2.15. The molecule has 0 saturated heterocycles. The van der Waals surface area contributed by atoms with Gasteiger partial charge in [-0.25, -0.2) is 0 Å². The van der Waals surface area contributed by atoms with Gasteiger partial charge in [0.15, 0.2) is 0 Å². The minimum atomic E-state index is 1.16. The predicted molar refractivity (Wildman–Crippen MR) is 244 cm³/mol. The summed E-state index contributed by atoms with van der Waals surface area (Å²) in [5.74, 6) is 0. The molecule has 0 radical (unpaired) electrons. The van der Waals surface area contributed by atoms with E-state index in [2.05, 4.69) is 205 Å². The lowest BCUT2D eigenvalue weighted by Crippen LogP contribution is -1.94. The highest BCUT2D eigenvalue weighted by molar-refractivity contribution is 6.25. The predicted octanol–water partition coefficient (Wildman–Crippen LogP) is 15.6. The van der Waals surface area contributed by atoms with Gasteiger partial charge in [-0.05, 0) is 159 Å². The number of aromatic nitrogens is 1. The Morgan fingerprint density at radius 2 is 0.596 bits per heavy atom. The van der Waals surface area contributed by atoms with Crippen LogP contribution in [0.2, 0.25) is 0 Å². The molecule has 1 heterocycles. The fraction of sp³-hybridized carbons (Fsp3) is 0. The van der Waals surface area contributed by atoms with E-state index < -0.39 is 0 Å². The summed E-state index contributed by atoms with van der Waals surface area (Å²) in [5, 5.41) is 18.2. The van der Waals surface area contributed by atoms with Gasteiger partial charge in [0.25, 0.3) is 0 Å². The second-order valence-electron chi connectivity index (χ2n) is 15.7. The second kappa shape index (κ2) is 11.5. The Hall–Kier alpha value is -7.48. The molecule has 13 aromatic rings. The first-order chi connectivity index (χ1) is 28.2. The topological polar surface area (TPSA) is 4.93 Å². The van der Waals surface area contributed by atoms with Crippen LogP contribution in [0.3, 0.4) is 0 Å². The lowest BCUT2D eigenvalue weighted by molar-refractivity contribution is 1.18. The van der Waals surface area contributed by atoms with Gasteiger partial charge in [-0.2, -0.15) is 0 Å². The van der Waals surface area contributed by atoms with Gasteiger partial charge in [-0.3, -0.25) is 0 Å². The molecule has 1 heteroatoms. The second-order valence-corrected chi connectivity index (χ2v) is 15.7. The molecule has 0 amide bonds. The minimum Gasteiger partial charge on any atom is -0.309 e. The number of fused-ring (bicyclic) bond motifs is 3. The van der Waals surface area contributed by atoms with Crippen LogP contribution in [-0.2, 0) is 0 Å². The summed E-state index contributed by atoms with van der Waals surface area (Å²) in [6.45, 7) is 0. The zero-order valence-electron chi connectivity index (χ0n) is 31.0. The van der Waals surface area contributed by atoms with Crippen molar-refractivity contribution in [2.75, 3.05) is 0 Å². The van der Waals surface area contributed by atoms with Gasteiger partial charge in [0.05, 0.1) is 11.0 Å². The van der Waals surface area contributed by atoms with Crippen LogP contribution in [0.1, 0.15) is 0 Å². The van der Waals surface area contributed by atoms with Crippen LogP contribution in [0.4, 0.5) is 0 Å². The molecule has 0 aliphatic carbocycles. The van der Waals surface area contributed by atoms with E-state index in [9.17, 15) is 0 Å².